The van der Waals surface area contributed by atoms with Crippen molar-refractivity contribution in [1.82, 2.24) is 15.0 Å². The molecule has 3 rings (SSSR count). The molecule has 1 atom stereocenters. The standard InChI is InChI=1S/C15H15F2N3O3/c1-10-18-14(23-19-10)12-7-15(16,17)9-20(12)13(21)8-22-11-5-3-2-4-6-11/h2-6,12H,7-9H2,1H3/t12-/m0/s1. The molecule has 0 bridgehead atoms. The second-order valence-electron chi connectivity index (χ2n) is 5.38. The van der Waals surface area contributed by atoms with Crippen LogP contribution in [0.15, 0.2) is 34.9 Å². The Labute approximate surface area is 131 Å². The van der Waals surface area contributed by atoms with Crippen molar-refractivity contribution in [3.8, 4) is 5.75 Å². The zero-order valence-electron chi connectivity index (χ0n) is 12.4. The number of rotatable bonds is 4. The molecule has 0 saturated carbocycles. The van der Waals surface area contributed by atoms with Crippen molar-refractivity contribution in [3.63, 3.8) is 0 Å². The molecule has 1 saturated heterocycles. The molecule has 23 heavy (non-hydrogen) atoms. The molecule has 8 heteroatoms. The molecule has 6 nitrogen and oxygen atoms in total. The number of likely N-dealkylation sites (tertiary alicyclic amines) is 1. The number of hydrogen-bond acceptors (Lipinski definition) is 5. The Hall–Kier alpha value is -2.51. The van der Waals surface area contributed by atoms with Crippen LogP contribution in [0.2, 0.25) is 0 Å². The van der Waals surface area contributed by atoms with E-state index in [4.69, 9.17) is 9.26 Å². The lowest BCUT2D eigenvalue weighted by Gasteiger charge is -2.21. The minimum absolute atomic E-state index is 0.0211. The van der Waals surface area contributed by atoms with Crippen molar-refractivity contribution in [2.75, 3.05) is 13.2 Å². The number of ether oxygens (including phenoxy) is 1. The summed E-state index contributed by atoms with van der Waals surface area (Å²) in [6.07, 6.45) is -0.536. The molecule has 0 aliphatic carbocycles. The first kappa shape index (κ1) is 15.4. The number of aryl methyl sites for hydroxylation is 1. The maximum Gasteiger partial charge on any atom is 0.267 e. The molecule has 0 spiro atoms. The third-order valence-corrected chi connectivity index (χ3v) is 3.52. The highest BCUT2D eigenvalue weighted by Crippen LogP contribution is 2.40. The third-order valence-electron chi connectivity index (χ3n) is 3.52. The van der Waals surface area contributed by atoms with Crippen LogP contribution in [-0.2, 0) is 4.79 Å². The highest BCUT2D eigenvalue weighted by molar-refractivity contribution is 5.78. The minimum Gasteiger partial charge on any atom is -0.484 e. The summed E-state index contributed by atoms with van der Waals surface area (Å²) >= 11 is 0. The number of carbonyl (C=O) groups is 1. The molecule has 0 N–H and O–H groups in total. The Morgan fingerprint density at radius 2 is 2.17 bits per heavy atom. The highest BCUT2D eigenvalue weighted by atomic mass is 19.3. The van der Waals surface area contributed by atoms with Gasteiger partial charge in [-0.2, -0.15) is 4.98 Å². The van der Waals surface area contributed by atoms with E-state index >= 15 is 0 Å². The average molecular weight is 323 g/mol. The van der Waals surface area contributed by atoms with Gasteiger partial charge in [0.1, 0.15) is 11.8 Å². The number of halogens is 2. The first-order chi connectivity index (χ1) is 10.9. The summed E-state index contributed by atoms with van der Waals surface area (Å²) in [5, 5.41) is 3.60. The topological polar surface area (TPSA) is 68.5 Å². The average Bonchev–Trinajstić information content (AvgIpc) is 3.09. The summed E-state index contributed by atoms with van der Waals surface area (Å²) in [6, 6.07) is 7.76. The Morgan fingerprint density at radius 3 is 2.83 bits per heavy atom. The molecule has 1 amide bonds. The van der Waals surface area contributed by atoms with E-state index in [0.717, 1.165) is 4.90 Å². The normalized spacial score (nSPS) is 19.8. The SMILES string of the molecule is Cc1noc([C@@H]2CC(F)(F)CN2C(=O)COc2ccccc2)n1. The Kier molecular flexibility index (Phi) is 3.97. The number of amides is 1. The Bertz CT molecular complexity index is 690. The van der Waals surface area contributed by atoms with Gasteiger partial charge in [0, 0.05) is 6.42 Å². The van der Waals surface area contributed by atoms with Crippen molar-refractivity contribution >= 4 is 5.91 Å². The molecule has 2 heterocycles. The lowest BCUT2D eigenvalue weighted by atomic mass is 10.2. The van der Waals surface area contributed by atoms with Gasteiger partial charge < -0.3 is 14.2 Å². The molecule has 1 aromatic carbocycles. The van der Waals surface area contributed by atoms with Gasteiger partial charge in [0.05, 0.1) is 6.54 Å². The molecule has 122 valence electrons. The molecule has 1 aliphatic rings. The second-order valence-corrected chi connectivity index (χ2v) is 5.38. The van der Waals surface area contributed by atoms with Crippen LogP contribution in [0.25, 0.3) is 0 Å². The van der Waals surface area contributed by atoms with Gasteiger partial charge in [0.25, 0.3) is 11.8 Å². The van der Waals surface area contributed by atoms with Crippen LogP contribution in [0.1, 0.15) is 24.2 Å². The van der Waals surface area contributed by atoms with E-state index in [1.165, 1.54) is 0 Å². The highest BCUT2D eigenvalue weighted by Gasteiger charge is 2.49. The fourth-order valence-corrected chi connectivity index (χ4v) is 2.49. The molecule has 2 aromatic rings. The summed E-state index contributed by atoms with van der Waals surface area (Å²) < 4.78 is 37.8. The molecular weight excluding hydrogens is 308 g/mol. The summed E-state index contributed by atoms with van der Waals surface area (Å²) in [6.45, 7) is 0.574. The van der Waals surface area contributed by atoms with Gasteiger partial charge in [-0.15, -0.1) is 0 Å². The molecule has 0 unspecified atom stereocenters. The van der Waals surface area contributed by atoms with Crippen molar-refractivity contribution in [3.05, 3.63) is 42.0 Å². The third kappa shape index (κ3) is 3.46. The molecule has 1 fully saturated rings. The van der Waals surface area contributed by atoms with Crippen molar-refractivity contribution in [2.24, 2.45) is 0 Å². The van der Waals surface area contributed by atoms with Crippen LogP contribution in [0.3, 0.4) is 0 Å². The van der Waals surface area contributed by atoms with E-state index in [1.807, 2.05) is 6.07 Å². The maximum absolute atomic E-state index is 13.7. The van der Waals surface area contributed by atoms with E-state index in [2.05, 4.69) is 10.1 Å². The van der Waals surface area contributed by atoms with Crippen LogP contribution in [0.5, 0.6) is 5.75 Å². The molecule has 1 aromatic heterocycles. The lowest BCUT2D eigenvalue weighted by Crippen LogP contribution is -2.36. The smallest absolute Gasteiger partial charge is 0.267 e. The van der Waals surface area contributed by atoms with Crippen molar-refractivity contribution in [1.29, 1.82) is 0 Å². The first-order valence-corrected chi connectivity index (χ1v) is 7.10. The number of nitrogens with zero attached hydrogens (tertiary/aromatic N) is 3. The largest absolute Gasteiger partial charge is 0.484 e. The lowest BCUT2D eigenvalue weighted by molar-refractivity contribution is -0.135. The van der Waals surface area contributed by atoms with Crippen molar-refractivity contribution < 1.29 is 22.8 Å². The van der Waals surface area contributed by atoms with Crippen LogP contribution >= 0.6 is 0 Å². The van der Waals surface area contributed by atoms with Crippen LogP contribution in [0.4, 0.5) is 8.78 Å². The minimum atomic E-state index is -2.99. The fourth-order valence-electron chi connectivity index (χ4n) is 2.49. The Morgan fingerprint density at radius 1 is 1.43 bits per heavy atom. The van der Waals surface area contributed by atoms with Crippen molar-refractivity contribution in [2.45, 2.75) is 25.3 Å². The van der Waals surface area contributed by atoms with Gasteiger partial charge in [0.15, 0.2) is 12.4 Å². The first-order valence-electron chi connectivity index (χ1n) is 7.10. The number of benzene rings is 1. The zero-order valence-corrected chi connectivity index (χ0v) is 12.4. The summed E-state index contributed by atoms with van der Waals surface area (Å²) in [5.74, 6) is -2.69. The summed E-state index contributed by atoms with van der Waals surface area (Å²) in [5.41, 5.74) is 0. The number of para-hydroxylation sites is 1. The monoisotopic (exact) mass is 323 g/mol. The van der Waals surface area contributed by atoms with E-state index in [9.17, 15) is 13.6 Å². The van der Waals surface area contributed by atoms with Gasteiger partial charge in [-0.05, 0) is 19.1 Å². The summed E-state index contributed by atoms with van der Waals surface area (Å²) in [7, 11) is 0. The Balaban J connectivity index is 1.72. The molecular formula is C15H15F2N3O3. The maximum atomic E-state index is 13.7. The number of alkyl halides is 2. The van der Waals surface area contributed by atoms with Crippen LogP contribution in [-0.4, -0.2) is 40.0 Å². The summed E-state index contributed by atoms with van der Waals surface area (Å²) in [4.78, 5) is 17.3. The predicted molar refractivity (Wildman–Crippen MR) is 75.0 cm³/mol. The fraction of sp³-hybridized carbons (Fsp3) is 0.400. The molecule has 0 radical (unpaired) electrons. The second kappa shape index (κ2) is 5.94. The molecule has 1 aliphatic heterocycles. The van der Waals surface area contributed by atoms with Gasteiger partial charge in [-0.3, -0.25) is 4.79 Å². The van der Waals surface area contributed by atoms with E-state index in [-0.39, 0.29) is 12.5 Å². The van der Waals surface area contributed by atoms with E-state index in [1.54, 1.807) is 31.2 Å². The van der Waals surface area contributed by atoms with Gasteiger partial charge >= 0.3 is 0 Å². The van der Waals surface area contributed by atoms with Crippen LogP contribution in [0, 0.1) is 6.92 Å². The van der Waals surface area contributed by atoms with E-state index in [0.29, 0.717) is 11.6 Å². The van der Waals surface area contributed by atoms with Gasteiger partial charge in [-0.25, -0.2) is 8.78 Å². The quantitative estimate of drug-likeness (QED) is 0.864. The number of aromatic nitrogens is 2. The zero-order chi connectivity index (χ0) is 16.4. The number of hydrogen-bond donors (Lipinski definition) is 0. The van der Waals surface area contributed by atoms with E-state index < -0.39 is 30.8 Å². The number of carbonyl (C=O) groups excluding carboxylic acids is 1. The van der Waals surface area contributed by atoms with Crippen LogP contribution < -0.4 is 4.74 Å². The van der Waals surface area contributed by atoms with Gasteiger partial charge in [-0.1, -0.05) is 23.4 Å². The van der Waals surface area contributed by atoms with Gasteiger partial charge in [0.2, 0.25) is 5.89 Å². The predicted octanol–water partition coefficient (Wildman–Crippen LogP) is 2.37.